The number of para-hydroxylation sites is 1. The van der Waals surface area contributed by atoms with Gasteiger partial charge in [-0.15, -0.1) is 0 Å². The predicted molar refractivity (Wildman–Crippen MR) is 92.2 cm³/mol. The van der Waals surface area contributed by atoms with Gasteiger partial charge in [-0.1, -0.05) is 46.3 Å². The fraction of sp³-hybridized carbons (Fsp3) is 0.316. The van der Waals surface area contributed by atoms with Gasteiger partial charge in [-0.05, 0) is 55.0 Å². The molecule has 1 saturated carbocycles. The Morgan fingerprint density at radius 1 is 1.05 bits per heavy atom. The first-order valence-corrected chi connectivity index (χ1v) is 8.66. The highest BCUT2D eigenvalue weighted by Crippen LogP contribution is 2.50. The SMILES string of the molecule is O=C(N1CCCc2ccccc21)C1(c2ccc(Br)cc2)CC1. The summed E-state index contributed by atoms with van der Waals surface area (Å²) in [5.41, 5.74) is 3.28. The van der Waals surface area contributed by atoms with Gasteiger partial charge in [-0.2, -0.15) is 0 Å². The molecule has 0 radical (unpaired) electrons. The summed E-state index contributed by atoms with van der Waals surface area (Å²) >= 11 is 3.47. The summed E-state index contributed by atoms with van der Waals surface area (Å²) < 4.78 is 1.06. The van der Waals surface area contributed by atoms with Crippen LogP contribution in [0, 0.1) is 0 Å². The third-order valence-corrected chi connectivity index (χ3v) is 5.44. The molecule has 0 saturated heterocycles. The van der Waals surface area contributed by atoms with Gasteiger partial charge < -0.3 is 4.90 Å². The van der Waals surface area contributed by atoms with Crippen molar-refractivity contribution in [2.24, 2.45) is 0 Å². The maximum atomic E-state index is 13.2. The zero-order valence-electron chi connectivity index (χ0n) is 12.4. The number of anilines is 1. The summed E-state index contributed by atoms with van der Waals surface area (Å²) in [7, 11) is 0. The number of fused-ring (bicyclic) bond motifs is 1. The van der Waals surface area contributed by atoms with Crippen molar-refractivity contribution in [3.63, 3.8) is 0 Å². The molecule has 2 aliphatic rings. The van der Waals surface area contributed by atoms with Crippen LogP contribution in [0.3, 0.4) is 0 Å². The fourth-order valence-electron chi connectivity index (χ4n) is 3.52. The normalized spacial score (nSPS) is 18.7. The van der Waals surface area contributed by atoms with E-state index < -0.39 is 0 Å². The molecule has 0 unspecified atom stereocenters. The van der Waals surface area contributed by atoms with Gasteiger partial charge >= 0.3 is 0 Å². The molecule has 22 heavy (non-hydrogen) atoms. The molecule has 1 fully saturated rings. The predicted octanol–water partition coefficient (Wildman–Crippen LogP) is 4.46. The van der Waals surface area contributed by atoms with Crippen molar-refractivity contribution in [2.75, 3.05) is 11.4 Å². The van der Waals surface area contributed by atoms with Crippen molar-refractivity contribution >= 4 is 27.5 Å². The summed E-state index contributed by atoms with van der Waals surface area (Å²) in [6, 6.07) is 16.6. The Balaban J connectivity index is 1.69. The quantitative estimate of drug-likeness (QED) is 0.778. The van der Waals surface area contributed by atoms with Crippen LogP contribution < -0.4 is 4.90 Å². The number of carbonyl (C=O) groups is 1. The zero-order valence-corrected chi connectivity index (χ0v) is 14.0. The molecule has 0 bridgehead atoms. The van der Waals surface area contributed by atoms with E-state index in [9.17, 15) is 4.79 Å². The van der Waals surface area contributed by atoms with Gasteiger partial charge in [-0.25, -0.2) is 0 Å². The monoisotopic (exact) mass is 355 g/mol. The van der Waals surface area contributed by atoms with Crippen LogP contribution >= 0.6 is 15.9 Å². The van der Waals surface area contributed by atoms with Crippen molar-refractivity contribution in [1.82, 2.24) is 0 Å². The Kier molecular flexibility index (Phi) is 3.33. The smallest absolute Gasteiger partial charge is 0.237 e. The lowest BCUT2D eigenvalue weighted by Crippen LogP contribution is -2.42. The van der Waals surface area contributed by atoms with Gasteiger partial charge in [-0.3, -0.25) is 4.79 Å². The second-order valence-corrected chi connectivity index (χ2v) is 7.19. The van der Waals surface area contributed by atoms with Crippen LogP contribution in [-0.4, -0.2) is 12.5 Å². The van der Waals surface area contributed by atoms with Crippen molar-refractivity contribution < 1.29 is 4.79 Å². The highest BCUT2D eigenvalue weighted by atomic mass is 79.9. The van der Waals surface area contributed by atoms with Gasteiger partial charge in [0, 0.05) is 16.7 Å². The standard InChI is InChI=1S/C19H18BrNO/c20-16-9-7-15(8-10-16)19(11-12-19)18(22)21-13-3-5-14-4-1-2-6-17(14)21/h1-2,4,6-10H,3,5,11-13H2. The molecule has 1 aliphatic heterocycles. The largest absolute Gasteiger partial charge is 0.311 e. The lowest BCUT2D eigenvalue weighted by Gasteiger charge is -2.32. The van der Waals surface area contributed by atoms with Crippen LogP contribution in [-0.2, 0) is 16.6 Å². The molecule has 2 aromatic carbocycles. The fourth-order valence-corrected chi connectivity index (χ4v) is 3.79. The summed E-state index contributed by atoms with van der Waals surface area (Å²) in [4.78, 5) is 15.3. The third-order valence-electron chi connectivity index (χ3n) is 4.91. The first-order valence-electron chi connectivity index (χ1n) is 7.87. The molecule has 0 spiro atoms. The molecular formula is C19H18BrNO. The average Bonchev–Trinajstić information content (AvgIpc) is 3.36. The average molecular weight is 356 g/mol. The Labute approximate surface area is 139 Å². The lowest BCUT2D eigenvalue weighted by molar-refractivity contribution is -0.121. The highest BCUT2D eigenvalue weighted by molar-refractivity contribution is 9.10. The number of hydrogen-bond acceptors (Lipinski definition) is 1. The number of halogens is 1. The van der Waals surface area contributed by atoms with E-state index in [1.54, 1.807) is 0 Å². The zero-order chi connectivity index (χ0) is 15.2. The van der Waals surface area contributed by atoms with E-state index in [1.165, 1.54) is 5.56 Å². The van der Waals surface area contributed by atoms with Gasteiger partial charge in [0.15, 0.2) is 0 Å². The number of aryl methyl sites for hydroxylation is 1. The van der Waals surface area contributed by atoms with E-state index in [0.717, 1.165) is 48.0 Å². The minimum absolute atomic E-state index is 0.280. The number of amides is 1. The molecule has 2 aromatic rings. The Morgan fingerprint density at radius 2 is 1.77 bits per heavy atom. The minimum atomic E-state index is -0.287. The van der Waals surface area contributed by atoms with Gasteiger partial charge in [0.25, 0.3) is 0 Å². The number of carbonyl (C=O) groups excluding carboxylic acids is 1. The number of benzene rings is 2. The summed E-state index contributed by atoms with van der Waals surface area (Å²) in [6.45, 7) is 0.841. The first-order chi connectivity index (χ1) is 10.7. The number of rotatable bonds is 2. The molecular weight excluding hydrogens is 338 g/mol. The maximum absolute atomic E-state index is 13.2. The molecule has 0 N–H and O–H groups in total. The molecule has 2 nitrogen and oxygen atoms in total. The molecule has 1 amide bonds. The topological polar surface area (TPSA) is 20.3 Å². The van der Waals surface area contributed by atoms with Crippen LogP contribution in [0.4, 0.5) is 5.69 Å². The second kappa shape index (κ2) is 5.24. The van der Waals surface area contributed by atoms with Crippen molar-refractivity contribution in [3.8, 4) is 0 Å². The van der Waals surface area contributed by atoms with Crippen LogP contribution in [0.1, 0.15) is 30.4 Å². The van der Waals surface area contributed by atoms with Gasteiger partial charge in [0.2, 0.25) is 5.91 Å². The minimum Gasteiger partial charge on any atom is -0.311 e. The van der Waals surface area contributed by atoms with E-state index in [0.29, 0.717) is 0 Å². The van der Waals surface area contributed by atoms with Crippen LogP contribution in [0.5, 0.6) is 0 Å². The molecule has 1 heterocycles. The molecule has 112 valence electrons. The summed E-state index contributed by atoms with van der Waals surface area (Å²) in [5, 5.41) is 0. The lowest BCUT2D eigenvalue weighted by atomic mass is 9.92. The van der Waals surface area contributed by atoms with E-state index in [2.05, 4.69) is 46.3 Å². The van der Waals surface area contributed by atoms with E-state index in [4.69, 9.17) is 0 Å². The highest BCUT2D eigenvalue weighted by Gasteiger charge is 2.53. The first kappa shape index (κ1) is 14.0. The molecule has 3 heteroatoms. The van der Waals surface area contributed by atoms with Crippen molar-refractivity contribution in [2.45, 2.75) is 31.1 Å². The summed E-state index contributed by atoms with van der Waals surface area (Å²) in [5.74, 6) is 0.280. The van der Waals surface area contributed by atoms with E-state index in [1.807, 2.05) is 23.1 Å². The number of nitrogens with zero attached hydrogens (tertiary/aromatic N) is 1. The Hall–Kier alpha value is -1.61. The van der Waals surface area contributed by atoms with E-state index >= 15 is 0 Å². The molecule has 0 atom stereocenters. The second-order valence-electron chi connectivity index (χ2n) is 6.28. The number of hydrogen-bond donors (Lipinski definition) is 0. The third kappa shape index (κ3) is 2.19. The molecule has 0 aromatic heterocycles. The van der Waals surface area contributed by atoms with Crippen molar-refractivity contribution in [3.05, 3.63) is 64.1 Å². The van der Waals surface area contributed by atoms with Crippen LogP contribution in [0.15, 0.2) is 53.0 Å². The molecule has 4 rings (SSSR count). The van der Waals surface area contributed by atoms with Crippen LogP contribution in [0.2, 0.25) is 0 Å². The molecule has 1 aliphatic carbocycles. The maximum Gasteiger partial charge on any atom is 0.237 e. The Morgan fingerprint density at radius 3 is 2.50 bits per heavy atom. The van der Waals surface area contributed by atoms with Crippen LogP contribution in [0.25, 0.3) is 0 Å². The van der Waals surface area contributed by atoms with Gasteiger partial charge in [0.1, 0.15) is 0 Å². The summed E-state index contributed by atoms with van der Waals surface area (Å²) in [6.07, 6.45) is 4.06. The Bertz CT molecular complexity index is 718. The van der Waals surface area contributed by atoms with Crippen molar-refractivity contribution in [1.29, 1.82) is 0 Å². The van der Waals surface area contributed by atoms with Gasteiger partial charge in [0.05, 0.1) is 5.41 Å². The van der Waals surface area contributed by atoms with E-state index in [-0.39, 0.29) is 11.3 Å².